The Hall–Kier alpha value is -1.92. The molecule has 0 spiro atoms. The summed E-state index contributed by atoms with van der Waals surface area (Å²) in [6, 6.07) is 9.85. The Morgan fingerprint density at radius 1 is 1.29 bits per heavy atom. The van der Waals surface area contributed by atoms with Crippen molar-refractivity contribution in [2.45, 2.75) is 11.5 Å². The van der Waals surface area contributed by atoms with Crippen LogP contribution in [0.15, 0.2) is 45.9 Å². The Balaban J connectivity index is 1.77. The second-order valence-corrected chi connectivity index (χ2v) is 5.62. The third kappa shape index (κ3) is 4.84. The summed E-state index contributed by atoms with van der Waals surface area (Å²) in [4.78, 5) is 22.4. The normalized spacial score (nSPS) is 10.3. The average molecular weight is 326 g/mol. The number of hydrogen-bond acceptors (Lipinski definition) is 4. The van der Waals surface area contributed by atoms with Gasteiger partial charge in [-0.25, -0.2) is 4.79 Å². The lowest BCUT2D eigenvalue weighted by molar-refractivity contribution is -0.115. The van der Waals surface area contributed by atoms with E-state index in [0.717, 1.165) is 0 Å². The van der Waals surface area contributed by atoms with Gasteiger partial charge in [0.15, 0.2) is 5.09 Å². The second kappa shape index (κ2) is 7.19. The fourth-order valence-electron chi connectivity index (χ4n) is 1.55. The van der Waals surface area contributed by atoms with E-state index >= 15 is 0 Å². The molecule has 1 aromatic carbocycles. The zero-order chi connectivity index (χ0) is 15.2. The van der Waals surface area contributed by atoms with Gasteiger partial charge < -0.3 is 14.8 Å². The predicted molar refractivity (Wildman–Crippen MR) is 81.1 cm³/mol. The highest BCUT2D eigenvalue weighted by atomic mass is 35.5. The summed E-state index contributed by atoms with van der Waals surface area (Å²) in [6.45, 7) is 0. The maximum Gasteiger partial charge on any atom is 0.371 e. The summed E-state index contributed by atoms with van der Waals surface area (Å²) in [7, 11) is 0. The summed E-state index contributed by atoms with van der Waals surface area (Å²) in [5.41, 5.74) is 0.642. The minimum Gasteiger partial charge on any atom is -0.475 e. The minimum absolute atomic E-state index is 0.110. The van der Waals surface area contributed by atoms with Crippen LogP contribution < -0.4 is 5.32 Å². The third-order valence-electron chi connectivity index (χ3n) is 2.47. The highest BCUT2D eigenvalue weighted by Gasteiger charge is 2.10. The van der Waals surface area contributed by atoms with Crippen LogP contribution in [0.1, 0.15) is 17.0 Å². The van der Waals surface area contributed by atoms with Gasteiger partial charge in [0.05, 0.1) is 0 Å². The molecule has 1 amide bonds. The van der Waals surface area contributed by atoms with Gasteiger partial charge in [-0.2, -0.15) is 0 Å². The molecule has 7 heteroatoms. The molecule has 0 bridgehead atoms. The van der Waals surface area contributed by atoms with E-state index in [1.54, 1.807) is 30.3 Å². The van der Waals surface area contributed by atoms with Crippen molar-refractivity contribution in [1.29, 1.82) is 0 Å². The Morgan fingerprint density at radius 3 is 2.76 bits per heavy atom. The first-order valence-electron chi connectivity index (χ1n) is 6.06. The topological polar surface area (TPSA) is 79.5 Å². The molecule has 2 rings (SSSR count). The third-order valence-corrected chi connectivity index (χ3v) is 3.62. The van der Waals surface area contributed by atoms with E-state index in [-0.39, 0.29) is 18.1 Å². The molecule has 0 saturated carbocycles. The number of aromatic carboxylic acids is 1. The van der Waals surface area contributed by atoms with Crippen molar-refractivity contribution >= 4 is 40.9 Å². The van der Waals surface area contributed by atoms with E-state index in [0.29, 0.717) is 21.6 Å². The van der Waals surface area contributed by atoms with E-state index in [4.69, 9.17) is 21.1 Å². The largest absolute Gasteiger partial charge is 0.475 e. The SMILES string of the molecule is O=C(CCSc1ccc(C(=O)O)o1)Nc1cccc(Cl)c1. The molecule has 110 valence electrons. The van der Waals surface area contributed by atoms with Crippen molar-refractivity contribution in [3.63, 3.8) is 0 Å². The molecular weight excluding hydrogens is 314 g/mol. The van der Waals surface area contributed by atoms with Gasteiger partial charge in [-0.3, -0.25) is 4.79 Å². The number of nitrogens with one attached hydrogen (secondary N) is 1. The molecule has 1 heterocycles. The Bertz CT molecular complexity index is 656. The van der Waals surface area contributed by atoms with Crippen molar-refractivity contribution in [3.8, 4) is 0 Å². The van der Waals surface area contributed by atoms with Gasteiger partial charge in [0, 0.05) is 22.9 Å². The van der Waals surface area contributed by atoms with Crippen molar-refractivity contribution in [3.05, 3.63) is 47.2 Å². The van der Waals surface area contributed by atoms with Crippen molar-refractivity contribution in [2.75, 3.05) is 11.1 Å². The van der Waals surface area contributed by atoms with Crippen molar-refractivity contribution in [1.82, 2.24) is 0 Å². The molecular formula is C14H12ClNO4S. The molecule has 2 aromatic rings. The molecule has 0 aliphatic carbocycles. The second-order valence-electron chi connectivity index (χ2n) is 4.08. The number of anilines is 1. The molecule has 1 aromatic heterocycles. The highest BCUT2D eigenvalue weighted by molar-refractivity contribution is 7.99. The van der Waals surface area contributed by atoms with Gasteiger partial charge in [-0.1, -0.05) is 29.4 Å². The first kappa shape index (κ1) is 15.5. The molecule has 0 fully saturated rings. The summed E-state index contributed by atoms with van der Waals surface area (Å²) in [5, 5.41) is 12.5. The lowest BCUT2D eigenvalue weighted by Gasteiger charge is -2.04. The van der Waals surface area contributed by atoms with Crippen LogP contribution in [0.2, 0.25) is 5.02 Å². The number of benzene rings is 1. The number of carboxylic acids is 1. The Kier molecular flexibility index (Phi) is 5.30. The Morgan fingerprint density at radius 2 is 2.10 bits per heavy atom. The van der Waals surface area contributed by atoms with Crippen molar-refractivity contribution < 1.29 is 19.1 Å². The van der Waals surface area contributed by atoms with E-state index in [1.165, 1.54) is 17.8 Å². The summed E-state index contributed by atoms with van der Waals surface area (Å²) < 4.78 is 5.08. The van der Waals surface area contributed by atoms with E-state index in [2.05, 4.69) is 5.32 Å². The van der Waals surface area contributed by atoms with Gasteiger partial charge in [0.2, 0.25) is 11.7 Å². The number of carbonyl (C=O) groups excluding carboxylic acids is 1. The lowest BCUT2D eigenvalue weighted by atomic mass is 10.3. The maximum absolute atomic E-state index is 11.7. The lowest BCUT2D eigenvalue weighted by Crippen LogP contribution is -2.11. The van der Waals surface area contributed by atoms with Gasteiger partial charge in [-0.05, 0) is 30.3 Å². The quantitative estimate of drug-likeness (QED) is 0.791. The number of carbonyl (C=O) groups is 2. The van der Waals surface area contributed by atoms with Gasteiger partial charge in [0.1, 0.15) is 0 Å². The maximum atomic E-state index is 11.7. The molecule has 5 nitrogen and oxygen atoms in total. The zero-order valence-corrected chi connectivity index (χ0v) is 12.4. The number of halogens is 1. The van der Waals surface area contributed by atoms with Gasteiger partial charge in [-0.15, -0.1) is 0 Å². The van der Waals surface area contributed by atoms with Crippen LogP contribution in [0.3, 0.4) is 0 Å². The molecule has 2 N–H and O–H groups in total. The number of carboxylic acid groups (broad SMARTS) is 1. The molecule has 0 unspecified atom stereocenters. The fraction of sp³-hybridized carbons (Fsp3) is 0.143. The predicted octanol–water partition coefficient (Wildman–Crippen LogP) is 3.75. The minimum atomic E-state index is -1.11. The van der Waals surface area contributed by atoms with Crippen LogP contribution in [0.4, 0.5) is 5.69 Å². The van der Waals surface area contributed by atoms with Gasteiger partial charge >= 0.3 is 5.97 Å². The average Bonchev–Trinajstić information content (AvgIpc) is 2.87. The van der Waals surface area contributed by atoms with E-state index in [1.807, 2.05) is 0 Å². The molecule has 21 heavy (non-hydrogen) atoms. The standard InChI is InChI=1S/C14H12ClNO4S/c15-9-2-1-3-10(8-9)16-12(17)6-7-21-13-5-4-11(20-13)14(18)19/h1-5,8H,6-7H2,(H,16,17)(H,18,19). The number of amides is 1. The molecule has 0 aliphatic rings. The zero-order valence-electron chi connectivity index (χ0n) is 10.8. The fourth-order valence-corrected chi connectivity index (χ4v) is 2.54. The first-order valence-corrected chi connectivity index (χ1v) is 7.42. The van der Waals surface area contributed by atoms with Crippen molar-refractivity contribution in [2.24, 2.45) is 0 Å². The summed E-state index contributed by atoms with van der Waals surface area (Å²) in [5.74, 6) is -0.880. The van der Waals surface area contributed by atoms with Gasteiger partial charge in [0.25, 0.3) is 0 Å². The van der Waals surface area contributed by atoms with E-state index in [9.17, 15) is 9.59 Å². The number of thioether (sulfide) groups is 1. The van der Waals surface area contributed by atoms with E-state index < -0.39 is 5.97 Å². The Labute approximate surface area is 130 Å². The van der Waals surface area contributed by atoms with Crippen LogP contribution in [-0.4, -0.2) is 22.7 Å². The van der Waals surface area contributed by atoms with Crippen LogP contribution in [-0.2, 0) is 4.79 Å². The van der Waals surface area contributed by atoms with Crippen LogP contribution in [0.25, 0.3) is 0 Å². The summed E-state index contributed by atoms with van der Waals surface area (Å²) >= 11 is 7.11. The molecule has 0 saturated heterocycles. The highest BCUT2D eigenvalue weighted by Crippen LogP contribution is 2.22. The van der Waals surface area contributed by atoms with Crippen LogP contribution in [0, 0.1) is 0 Å². The monoisotopic (exact) mass is 325 g/mol. The number of furan rings is 1. The smallest absolute Gasteiger partial charge is 0.371 e. The van der Waals surface area contributed by atoms with Crippen LogP contribution in [0.5, 0.6) is 0 Å². The number of hydrogen-bond donors (Lipinski definition) is 2. The first-order chi connectivity index (χ1) is 10.0. The van der Waals surface area contributed by atoms with Crippen LogP contribution >= 0.6 is 23.4 Å². The summed E-state index contributed by atoms with van der Waals surface area (Å²) in [6.07, 6.45) is 0.278. The molecule has 0 radical (unpaired) electrons. The molecule has 0 aliphatic heterocycles. The molecule has 0 atom stereocenters. The number of rotatable bonds is 6.